The van der Waals surface area contributed by atoms with Gasteiger partial charge in [0.2, 0.25) is 0 Å². The lowest BCUT2D eigenvalue weighted by Gasteiger charge is -2.07. The smallest absolute Gasteiger partial charge is 0.256 e. The molecule has 0 bridgehead atoms. The van der Waals surface area contributed by atoms with Crippen molar-refractivity contribution in [3.8, 4) is 5.75 Å². The van der Waals surface area contributed by atoms with Crippen LogP contribution in [0.3, 0.4) is 0 Å². The van der Waals surface area contributed by atoms with Crippen LogP contribution < -0.4 is 10.1 Å². The maximum atomic E-state index is 12.2. The van der Waals surface area contributed by atoms with Crippen LogP contribution in [0.1, 0.15) is 18.1 Å². The van der Waals surface area contributed by atoms with Gasteiger partial charge < -0.3 is 10.1 Å². The number of carbonyl (C=O) groups excluding carboxylic acids is 1. The van der Waals surface area contributed by atoms with E-state index in [1.54, 1.807) is 12.1 Å². The average molecular weight is 300 g/mol. The van der Waals surface area contributed by atoms with Crippen molar-refractivity contribution in [2.75, 3.05) is 11.9 Å². The van der Waals surface area contributed by atoms with Gasteiger partial charge in [-0.3, -0.25) is 4.79 Å². The first-order valence-electron chi connectivity index (χ1n) is 6.74. The van der Waals surface area contributed by atoms with E-state index in [4.69, 9.17) is 16.3 Å². The SMILES string of the molecule is CCOc1ccccc1/C=C1\C(=O)Nc2cc(Cl)ccc21. The highest BCUT2D eigenvalue weighted by atomic mass is 35.5. The molecule has 0 aromatic heterocycles. The van der Waals surface area contributed by atoms with Gasteiger partial charge in [-0.2, -0.15) is 0 Å². The van der Waals surface area contributed by atoms with E-state index in [0.29, 0.717) is 17.2 Å². The second-order valence-corrected chi connectivity index (χ2v) is 5.11. The lowest BCUT2D eigenvalue weighted by molar-refractivity contribution is -0.110. The summed E-state index contributed by atoms with van der Waals surface area (Å²) in [4.78, 5) is 12.2. The van der Waals surface area contributed by atoms with Gasteiger partial charge in [0.25, 0.3) is 5.91 Å². The zero-order chi connectivity index (χ0) is 14.8. The van der Waals surface area contributed by atoms with Crippen LogP contribution in [0.2, 0.25) is 5.02 Å². The fourth-order valence-electron chi connectivity index (χ4n) is 2.35. The first-order chi connectivity index (χ1) is 10.2. The minimum Gasteiger partial charge on any atom is -0.493 e. The molecule has 1 amide bonds. The van der Waals surface area contributed by atoms with Gasteiger partial charge in [-0.1, -0.05) is 35.9 Å². The Bertz CT molecular complexity index is 737. The van der Waals surface area contributed by atoms with Gasteiger partial charge >= 0.3 is 0 Å². The van der Waals surface area contributed by atoms with E-state index in [0.717, 1.165) is 22.6 Å². The molecule has 1 aliphatic heterocycles. The van der Waals surface area contributed by atoms with Gasteiger partial charge in [0, 0.05) is 21.7 Å². The molecule has 0 fully saturated rings. The Kier molecular flexibility index (Phi) is 3.67. The van der Waals surface area contributed by atoms with Crippen LogP contribution in [0.5, 0.6) is 5.75 Å². The summed E-state index contributed by atoms with van der Waals surface area (Å²) in [6, 6.07) is 13.0. The van der Waals surface area contributed by atoms with Gasteiger partial charge in [-0.25, -0.2) is 0 Å². The van der Waals surface area contributed by atoms with E-state index in [2.05, 4.69) is 5.32 Å². The Labute approximate surface area is 128 Å². The molecule has 4 heteroatoms. The third-order valence-corrected chi connectivity index (χ3v) is 3.52. The number of carbonyl (C=O) groups is 1. The zero-order valence-electron chi connectivity index (χ0n) is 11.5. The van der Waals surface area contributed by atoms with Gasteiger partial charge in [0.15, 0.2) is 0 Å². The van der Waals surface area contributed by atoms with E-state index in [1.165, 1.54) is 0 Å². The van der Waals surface area contributed by atoms with Crippen LogP contribution in [-0.2, 0) is 4.79 Å². The highest BCUT2D eigenvalue weighted by molar-refractivity contribution is 6.36. The first kappa shape index (κ1) is 13.7. The van der Waals surface area contributed by atoms with Crippen molar-refractivity contribution in [1.29, 1.82) is 0 Å². The Balaban J connectivity index is 2.07. The lowest BCUT2D eigenvalue weighted by atomic mass is 10.0. The van der Waals surface area contributed by atoms with Crippen LogP contribution in [-0.4, -0.2) is 12.5 Å². The van der Waals surface area contributed by atoms with Crippen molar-refractivity contribution in [3.05, 3.63) is 58.6 Å². The first-order valence-corrected chi connectivity index (χ1v) is 7.11. The third-order valence-electron chi connectivity index (χ3n) is 3.28. The number of para-hydroxylation sites is 1. The fraction of sp³-hybridized carbons (Fsp3) is 0.118. The van der Waals surface area contributed by atoms with E-state index < -0.39 is 0 Å². The number of anilines is 1. The molecule has 0 saturated carbocycles. The molecule has 2 aromatic rings. The maximum absolute atomic E-state index is 12.2. The molecule has 0 saturated heterocycles. The number of rotatable bonds is 3. The zero-order valence-corrected chi connectivity index (χ0v) is 12.3. The molecule has 1 heterocycles. The van der Waals surface area contributed by atoms with Crippen molar-refractivity contribution in [3.63, 3.8) is 0 Å². The van der Waals surface area contributed by atoms with Crippen LogP contribution in [0.15, 0.2) is 42.5 Å². The van der Waals surface area contributed by atoms with Crippen molar-refractivity contribution in [2.45, 2.75) is 6.92 Å². The highest BCUT2D eigenvalue weighted by Gasteiger charge is 2.24. The van der Waals surface area contributed by atoms with Crippen molar-refractivity contribution in [2.24, 2.45) is 0 Å². The largest absolute Gasteiger partial charge is 0.493 e. The summed E-state index contributed by atoms with van der Waals surface area (Å²) in [5.74, 6) is 0.640. The summed E-state index contributed by atoms with van der Waals surface area (Å²) in [6.45, 7) is 2.52. The van der Waals surface area contributed by atoms with E-state index in [9.17, 15) is 4.79 Å². The number of benzene rings is 2. The fourth-order valence-corrected chi connectivity index (χ4v) is 2.52. The van der Waals surface area contributed by atoms with E-state index in [-0.39, 0.29) is 5.91 Å². The molecule has 0 unspecified atom stereocenters. The summed E-state index contributed by atoms with van der Waals surface area (Å²) in [5.41, 5.74) is 3.10. The van der Waals surface area contributed by atoms with Gasteiger partial charge in [0.1, 0.15) is 5.75 Å². The molecule has 1 aliphatic rings. The number of ether oxygens (including phenoxy) is 1. The maximum Gasteiger partial charge on any atom is 0.256 e. The quantitative estimate of drug-likeness (QED) is 0.861. The molecule has 21 heavy (non-hydrogen) atoms. The standard InChI is InChI=1S/C17H14ClNO2/c1-2-21-16-6-4-3-5-11(16)9-14-13-8-7-12(18)10-15(13)19-17(14)20/h3-10H,2H2,1H3,(H,19,20)/b14-9-. The van der Waals surface area contributed by atoms with Crippen LogP contribution in [0.25, 0.3) is 11.6 Å². The predicted molar refractivity (Wildman–Crippen MR) is 85.6 cm³/mol. The molecule has 106 valence electrons. The normalized spacial score (nSPS) is 15.0. The Hall–Kier alpha value is -2.26. The number of hydrogen-bond acceptors (Lipinski definition) is 2. The van der Waals surface area contributed by atoms with Crippen LogP contribution in [0.4, 0.5) is 5.69 Å². The number of halogens is 1. The number of hydrogen-bond donors (Lipinski definition) is 1. The molecule has 0 aliphatic carbocycles. The van der Waals surface area contributed by atoms with Crippen LogP contribution in [0, 0.1) is 0 Å². The summed E-state index contributed by atoms with van der Waals surface area (Å²) >= 11 is 5.95. The molecule has 3 nitrogen and oxygen atoms in total. The van der Waals surface area contributed by atoms with Gasteiger partial charge in [-0.05, 0) is 31.2 Å². The van der Waals surface area contributed by atoms with Crippen LogP contribution >= 0.6 is 11.6 Å². The van der Waals surface area contributed by atoms with Crippen molar-refractivity contribution >= 4 is 34.8 Å². The minimum atomic E-state index is -0.126. The Morgan fingerprint density at radius 2 is 2.05 bits per heavy atom. The number of nitrogens with one attached hydrogen (secondary N) is 1. The average Bonchev–Trinajstić information content (AvgIpc) is 2.76. The summed E-state index contributed by atoms with van der Waals surface area (Å²) in [7, 11) is 0. The Morgan fingerprint density at radius 1 is 1.24 bits per heavy atom. The summed E-state index contributed by atoms with van der Waals surface area (Å²) in [5, 5.41) is 3.43. The Morgan fingerprint density at radius 3 is 2.86 bits per heavy atom. The molecule has 1 N–H and O–H groups in total. The monoisotopic (exact) mass is 299 g/mol. The molecule has 0 atom stereocenters. The topological polar surface area (TPSA) is 38.3 Å². The summed E-state index contributed by atoms with van der Waals surface area (Å²) in [6.07, 6.45) is 1.85. The molecule has 3 rings (SSSR count). The molecular formula is C17H14ClNO2. The van der Waals surface area contributed by atoms with Crippen molar-refractivity contribution in [1.82, 2.24) is 0 Å². The molecule has 0 spiro atoms. The third kappa shape index (κ3) is 2.65. The molecule has 2 aromatic carbocycles. The summed E-state index contributed by atoms with van der Waals surface area (Å²) < 4.78 is 5.59. The molecular weight excluding hydrogens is 286 g/mol. The predicted octanol–water partition coefficient (Wildman–Crippen LogP) is 4.23. The van der Waals surface area contributed by atoms with Gasteiger partial charge in [-0.15, -0.1) is 0 Å². The second kappa shape index (κ2) is 5.62. The van der Waals surface area contributed by atoms with E-state index >= 15 is 0 Å². The van der Waals surface area contributed by atoms with Crippen molar-refractivity contribution < 1.29 is 9.53 Å². The highest BCUT2D eigenvalue weighted by Crippen LogP contribution is 2.36. The van der Waals surface area contributed by atoms with Gasteiger partial charge in [0.05, 0.1) is 12.3 Å². The van der Waals surface area contributed by atoms with E-state index in [1.807, 2.05) is 43.3 Å². The minimum absolute atomic E-state index is 0.126. The lowest BCUT2D eigenvalue weighted by Crippen LogP contribution is -2.03. The molecule has 0 radical (unpaired) electrons. The number of amides is 1. The number of fused-ring (bicyclic) bond motifs is 1. The second-order valence-electron chi connectivity index (χ2n) is 4.67.